The molecule has 0 spiro atoms. The molecule has 1 atom stereocenters. The number of carbonyl (C=O) groups is 2. The Morgan fingerprint density at radius 3 is 2.55 bits per heavy atom. The van der Waals surface area contributed by atoms with Gasteiger partial charge in [0.1, 0.15) is 11.0 Å². The van der Waals surface area contributed by atoms with Crippen molar-refractivity contribution in [2.45, 2.75) is 18.6 Å². The van der Waals surface area contributed by atoms with Gasteiger partial charge in [-0.05, 0) is 43.3 Å². The molecule has 1 fully saturated rings. The third-order valence-corrected chi connectivity index (χ3v) is 4.97. The first-order valence-corrected chi connectivity index (χ1v) is 9.66. The van der Waals surface area contributed by atoms with Crippen LogP contribution in [0.25, 0.3) is 0 Å². The normalized spacial score (nSPS) is 17.1. The van der Waals surface area contributed by atoms with Crippen molar-refractivity contribution >= 4 is 45.8 Å². The predicted molar refractivity (Wildman–Crippen MR) is 111 cm³/mol. The Morgan fingerprint density at radius 1 is 1.24 bits per heavy atom. The topological polar surface area (TPSA) is 123 Å². The van der Waals surface area contributed by atoms with E-state index in [0.717, 1.165) is 5.75 Å². The molecule has 10 heteroatoms. The average Bonchev–Trinajstić information content (AvgIpc) is 3.02. The maximum atomic E-state index is 12.2. The van der Waals surface area contributed by atoms with Crippen LogP contribution in [0.5, 0.6) is 5.75 Å². The van der Waals surface area contributed by atoms with Crippen LogP contribution in [0.1, 0.15) is 13.3 Å². The summed E-state index contributed by atoms with van der Waals surface area (Å²) in [5, 5.41) is 15.8. The molecular formula is C19H18N4O5S. The third-order valence-electron chi connectivity index (χ3n) is 3.89. The van der Waals surface area contributed by atoms with Crippen LogP contribution in [0.3, 0.4) is 0 Å². The fraction of sp³-hybridized carbons (Fsp3) is 0.211. The molecule has 150 valence electrons. The first kappa shape index (κ1) is 20.3. The van der Waals surface area contributed by atoms with Crippen LogP contribution in [0, 0.1) is 10.1 Å². The van der Waals surface area contributed by atoms with E-state index in [1.165, 1.54) is 36.0 Å². The van der Waals surface area contributed by atoms with E-state index in [4.69, 9.17) is 4.74 Å². The fourth-order valence-corrected chi connectivity index (χ4v) is 3.53. The van der Waals surface area contributed by atoms with Gasteiger partial charge in [-0.1, -0.05) is 11.8 Å². The molecule has 2 N–H and O–H groups in total. The largest absolute Gasteiger partial charge is 0.494 e. The highest BCUT2D eigenvalue weighted by Crippen LogP contribution is 2.26. The molecule has 2 aromatic carbocycles. The van der Waals surface area contributed by atoms with Crippen LogP contribution in [-0.4, -0.2) is 33.8 Å². The first-order chi connectivity index (χ1) is 13.9. The lowest BCUT2D eigenvalue weighted by Gasteiger charge is -2.07. The minimum atomic E-state index is -0.602. The number of hydrogen-bond acceptors (Lipinski definition) is 7. The van der Waals surface area contributed by atoms with Crippen LogP contribution in [-0.2, 0) is 9.59 Å². The summed E-state index contributed by atoms with van der Waals surface area (Å²) in [6, 6.07) is 12.6. The SMILES string of the molecule is CCOc1ccc(N=C2NC(=O)C(CC(=O)Nc3ccc([N+](=O)[O-])cc3)S2)cc1. The van der Waals surface area contributed by atoms with Crippen LogP contribution < -0.4 is 15.4 Å². The zero-order valence-corrected chi connectivity index (χ0v) is 16.3. The second kappa shape index (κ2) is 9.20. The summed E-state index contributed by atoms with van der Waals surface area (Å²) < 4.78 is 5.37. The molecule has 29 heavy (non-hydrogen) atoms. The molecule has 2 aromatic rings. The number of thioether (sulfide) groups is 1. The molecule has 0 aliphatic carbocycles. The molecule has 9 nitrogen and oxygen atoms in total. The molecule has 3 rings (SSSR count). The number of nitro groups is 1. The zero-order chi connectivity index (χ0) is 20.8. The Hall–Kier alpha value is -3.40. The summed E-state index contributed by atoms with van der Waals surface area (Å²) in [6.45, 7) is 2.47. The molecule has 0 saturated carbocycles. The fourth-order valence-electron chi connectivity index (χ4n) is 2.54. The molecule has 1 aliphatic rings. The molecule has 0 bridgehead atoms. The molecule has 1 unspecified atom stereocenters. The number of amidine groups is 1. The Morgan fingerprint density at radius 2 is 1.93 bits per heavy atom. The maximum Gasteiger partial charge on any atom is 0.269 e. The highest BCUT2D eigenvalue weighted by Gasteiger charge is 2.32. The number of rotatable bonds is 7. The number of nitro benzene ring substituents is 1. The molecule has 0 radical (unpaired) electrons. The van der Waals surface area contributed by atoms with Gasteiger partial charge in [0.15, 0.2) is 5.17 Å². The second-order valence-electron chi connectivity index (χ2n) is 6.00. The summed E-state index contributed by atoms with van der Waals surface area (Å²) in [4.78, 5) is 38.9. The molecule has 1 heterocycles. The summed E-state index contributed by atoms with van der Waals surface area (Å²) in [5.74, 6) is 0.0766. The van der Waals surface area contributed by atoms with Crippen molar-refractivity contribution in [2.75, 3.05) is 11.9 Å². The van der Waals surface area contributed by atoms with E-state index in [2.05, 4.69) is 15.6 Å². The number of aliphatic imine (C=N–C) groups is 1. The highest BCUT2D eigenvalue weighted by atomic mass is 32.2. The Kier molecular flexibility index (Phi) is 6.45. The average molecular weight is 414 g/mol. The lowest BCUT2D eigenvalue weighted by molar-refractivity contribution is -0.384. The maximum absolute atomic E-state index is 12.2. The van der Waals surface area contributed by atoms with E-state index < -0.39 is 10.2 Å². The van der Waals surface area contributed by atoms with E-state index >= 15 is 0 Å². The number of nitrogens with zero attached hydrogens (tertiary/aromatic N) is 2. The minimum absolute atomic E-state index is 0.0458. The summed E-state index contributed by atoms with van der Waals surface area (Å²) in [5.41, 5.74) is 1.02. The van der Waals surface area contributed by atoms with Gasteiger partial charge < -0.3 is 15.4 Å². The molecule has 1 saturated heterocycles. The lowest BCUT2D eigenvalue weighted by Crippen LogP contribution is -2.28. The predicted octanol–water partition coefficient (Wildman–Crippen LogP) is 3.24. The van der Waals surface area contributed by atoms with Crippen LogP contribution in [0.15, 0.2) is 53.5 Å². The molecule has 1 aliphatic heterocycles. The highest BCUT2D eigenvalue weighted by molar-refractivity contribution is 8.15. The monoisotopic (exact) mass is 414 g/mol. The van der Waals surface area contributed by atoms with Crippen molar-refractivity contribution in [3.05, 3.63) is 58.6 Å². The Balaban J connectivity index is 1.57. The number of ether oxygens (including phenoxy) is 1. The van der Waals surface area contributed by atoms with Gasteiger partial charge in [0, 0.05) is 24.2 Å². The van der Waals surface area contributed by atoms with Crippen LogP contribution >= 0.6 is 11.8 Å². The molecule has 0 aromatic heterocycles. The molecule has 2 amide bonds. The molecular weight excluding hydrogens is 396 g/mol. The van der Waals surface area contributed by atoms with E-state index in [1.807, 2.05) is 6.92 Å². The van der Waals surface area contributed by atoms with Gasteiger partial charge in [0.2, 0.25) is 11.8 Å². The van der Waals surface area contributed by atoms with Crippen molar-refractivity contribution in [3.63, 3.8) is 0 Å². The van der Waals surface area contributed by atoms with Gasteiger partial charge in [-0.2, -0.15) is 0 Å². The number of amides is 2. The van der Waals surface area contributed by atoms with Gasteiger partial charge in [-0.25, -0.2) is 4.99 Å². The standard InChI is InChI=1S/C19H18N4O5S/c1-2-28-15-9-5-13(6-10-15)21-19-22-18(25)16(29-19)11-17(24)20-12-3-7-14(8-4-12)23(26)27/h3-10,16H,2,11H2,1H3,(H,20,24)(H,21,22,25). The number of carbonyl (C=O) groups excluding carboxylic acids is 2. The van der Waals surface area contributed by atoms with Crippen molar-refractivity contribution in [3.8, 4) is 5.75 Å². The van der Waals surface area contributed by atoms with E-state index in [9.17, 15) is 19.7 Å². The van der Waals surface area contributed by atoms with Gasteiger partial charge in [-0.3, -0.25) is 19.7 Å². The van der Waals surface area contributed by atoms with Gasteiger partial charge in [0.05, 0.1) is 17.2 Å². The lowest BCUT2D eigenvalue weighted by atomic mass is 10.2. The van der Waals surface area contributed by atoms with Gasteiger partial charge in [0.25, 0.3) is 5.69 Å². The van der Waals surface area contributed by atoms with Crippen molar-refractivity contribution in [1.82, 2.24) is 5.32 Å². The quantitative estimate of drug-likeness (QED) is 0.530. The van der Waals surface area contributed by atoms with Crippen molar-refractivity contribution in [1.29, 1.82) is 0 Å². The van der Waals surface area contributed by atoms with Gasteiger partial charge >= 0.3 is 0 Å². The smallest absolute Gasteiger partial charge is 0.269 e. The third kappa shape index (κ3) is 5.55. The van der Waals surface area contributed by atoms with E-state index in [-0.39, 0.29) is 23.9 Å². The summed E-state index contributed by atoms with van der Waals surface area (Å²) in [6.07, 6.45) is -0.0458. The second-order valence-corrected chi connectivity index (χ2v) is 7.19. The number of benzene rings is 2. The number of anilines is 1. The number of nitrogens with one attached hydrogen (secondary N) is 2. The first-order valence-electron chi connectivity index (χ1n) is 8.78. The summed E-state index contributed by atoms with van der Waals surface area (Å²) >= 11 is 1.18. The van der Waals surface area contributed by atoms with Crippen molar-refractivity contribution in [2.24, 2.45) is 4.99 Å². The Bertz CT molecular complexity index is 944. The summed E-state index contributed by atoms with van der Waals surface area (Å²) in [7, 11) is 0. The Labute approximate surface area is 170 Å². The van der Waals surface area contributed by atoms with Crippen LogP contribution in [0.2, 0.25) is 0 Å². The van der Waals surface area contributed by atoms with Crippen LogP contribution in [0.4, 0.5) is 17.1 Å². The zero-order valence-electron chi connectivity index (χ0n) is 15.5. The van der Waals surface area contributed by atoms with Crippen molar-refractivity contribution < 1.29 is 19.2 Å². The minimum Gasteiger partial charge on any atom is -0.494 e. The number of hydrogen-bond donors (Lipinski definition) is 2. The van der Waals surface area contributed by atoms with E-state index in [1.54, 1.807) is 24.3 Å². The van der Waals surface area contributed by atoms with Gasteiger partial charge in [-0.15, -0.1) is 0 Å². The number of non-ortho nitro benzene ring substituents is 1. The van der Waals surface area contributed by atoms with E-state index in [0.29, 0.717) is 23.1 Å².